The highest BCUT2D eigenvalue weighted by molar-refractivity contribution is 6.07. The largest absolute Gasteiger partial charge is 0.354 e. The predicted octanol–water partition coefficient (Wildman–Crippen LogP) is 4.74. The molecule has 1 aliphatic heterocycles. The molecule has 1 aromatic rings. The van der Waals surface area contributed by atoms with Gasteiger partial charge in [0.05, 0.1) is 5.41 Å². The number of likely N-dealkylation sites (tertiary alicyclic amines) is 1. The first-order chi connectivity index (χ1) is 15.2. The van der Waals surface area contributed by atoms with Gasteiger partial charge in [-0.1, -0.05) is 84.2 Å². The zero-order valence-electron chi connectivity index (χ0n) is 20.4. The number of benzene rings is 1. The summed E-state index contributed by atoms with van der Waals surface area (Å²) in [5.74, 6) is -0.381. The fraction of sp³-hybridized carbons (Fsp3) is 0.667. The van der Waals surface area contributed by atoms with Crippen LogP contribution in [0.4, 0.5) is 0 Å². The van der Waals surface area contributed by atoms with E-state index >= 15 is 0 Å². The minimum atomic E-state index is -0.808. The van der Waals surface area contributed by atoms with Crippen molar-refractivity contribution in [3.05, 3.63) is 35.9 Å². The first-order valence-electron chi connectivity index (χ1n) is 12.4. The molecular formula is C27H40N2O3. The number of nitrogens with one attached hydrogen (secondary N) is 1. The molecule has 1 aliphatic carbocycles. The summed E-state index contributed by atoms with van der Waals surface area (Å²) in [6.45, 7) is 10.9. The summed E-state index contributed by atoms with van der Waals surface area (Å²) in [6, 6.07) is 8.88. The molecule has 1 saturated heterocycles. The molecule has 2 bridgehead atoms. The van der Waals surface area contributed by atoms with Gasteiger partial charge in [0.2, 0.25) is 17.7 Å². The van der Waals surface area contributed by atoms with Crippen LogP contribution < -0.4 is 5.32 Å². The summed E-state index contributed by atoms with van der Waals surface area (Å²) < 4.78 is 0. The van der Waals surface area contributed by atoms with Crippen LogP contribution in [0.1, 0.15) is 78.7 Å². The lowest BCUT2D eigenvalue weighted by Gasteiger charge is -2.49. The summed E-state index contributed by atoms with van der Waals surface area (Å²) in [5.41, 5.74) is -0.0548. The maximum absolute atomic E-state index is 13.7. The zero-order chi connectivity index (χ0) is 23.5. The van der Waals surface area contributed by atoms with Gasteiger partial charge in [0.15, 0.2) is 0 Å². The van der Waals surface area contributed by atoms with E-state index in [0.717, 1.165) is 31.2 Å². The lowest BCUT2D eigenvalue weighted by atomic mass is 9.62. The molecule has 1 heterocycles. The number of carbonyl (C=O) groups excluding carboxylic acids is 3. The summed E-state index contributed by atoms with van der Waals surface area (Å²) in [7, 11) is 0. The van der Waals surface area contributed by atoms with Gasteiger partial charge in [-0.2, -0.15) is 0 Å². The second-order valence-electron chi connectivity index (χ2n) is 10.5. The molecule has 4 unspecified atom stereocenters. The number of rotatable bonds is 10. The van der Waals surface area contributed by atoms with Crippen molar-refractivity contribution in [3.63, 3.8) is 0 Å². The van der Waals surface area contributed by atoms with Crippen molar-refractivity contribution in [1.29, 1.82) is 0 Å². The van der Waals surface area contributed by atoms with Crippen LogP contribution in [0.25, 0.3) is 0 Å². The van der Waals surface area contributed by atoms with Crippen LogP contribution >= 0.6 is 0 Å². The van der Waals surface area contributed by atoms with Crippen molar-refractivity contribution >= 4 is 17.7 Å². The number of hydrogen-bond donors (Lipinski definition) is 1. The Balaban J connectivity index is 1.87. The van der Waals surface area contributed by atoms with E-state index in [-0.39, 0.29) is 29.1 Å². The maximum atomic E-state index is 13.7. The van der Waals surface area contributed by atoms with Gasteiger partial charge < -0.3 is 5.32 Å². The Hall–Kier alpha value is -2.17. The molecule has 0 radical (unpaired) electrons. The van der Waals surface area contributed by atoms with E-state index in [2.05, 4.69) is 19.2 Å². The van der Waals surface area contributed by atoms with E-state index in [1.54, 1.807) is 0 Å². The maximum Gasteiger partial charge on any atom is 0.243 e. The fourth-order valence-corrected chi connectivity index (χ4v) is 5.59. The number of piperidine rings is 1. The van der Waals surface area contributed by atoms with Crippen LogP contribution in [-0.2, 0) is 20.8 Å². The van der Waals surface area contributed by atoms with Gasteiger partial charge >= 0.3 is 0 Å². The standard InChI is InChI=1S/C27H40N2O3/c1-6-8-12-19(7-2)18-28-23(30)22(17-20-13-10-9-11-14-20)29-24(31)21-15-16-27(5,25(29)32)26(21,3)4/h9-11,13-14,19,21-22H,6-8,12,15-18H2,1-5H3,(H,28,30). The molecule has 4 atom stereocenters. The number of imide groups is 1. The van der Waals surface area contributed by atoms with Crippen molar-refractivity contribution in [2.45, 2.75) is 85.6 Å². The van der Waals surface area contributed by atoms with E-state index in [4.69, 9.17) is 0 Å². The van der Waals surface area contributed by atoms with Gasteiger partial charge in [-0.05, 0) is 36.2 Å². The monoisotopic (exact) mass is 440 g/mol. The minimum Gasteiger partial charge on any atom is -0.354 e. The summed E-state index contributed by atoms with van der Waals surface area (Å²) in [5, 5.41) is 3.10. The zero-order valence-corrected chi connectivity index (χ0v) is 20.4. The van der Waals surface area contributed by atoms with Crippen molar-refractivity contribution < 1.29 is 14.4 Å². The molecule has 0 spiro atoms. The Bertz CT molecular complexity index is 835. The molecule has 1 N–H and O–H groups in total. The third-order valence-corrected chi connectivity index (χ3v) is 8.45. The smallest absolute Gasteiger partial charge is 0.243 e. The Morgan fingerprint density at radius 3 is 2.47 bits per heavy atom. The Labute approximate surface area is 193 Å². The molecular weight excluding hydrogens is 400 g/mol. The van der Waals surface area contributed by atoms with Crippen molar-refractivity contribution in [2.24, 2.45) is 22.7 Å². The van der Waals surface area contributed by atoms with Gasteiger partial charge in [0.1, 0.15) is 6.04 Å². The lowest BCUT2D eigenvalue weighted by molar-refractivity contribution is -0.173. The second kappa shape index (κ2) is 9.76. The van der Waals surface area contributed by atoms with Gasteiger partial charge in [-0.25, -0.2) is 0 Å². The van der Waals surface area contributed by atoms with Crippen molar-refractivity contribution in [1.82, 2.24) is 10.2 Å². The van der Waals surface area contributed by atoms with Crippen molar-refractivity contribution in [3.8, 4) is 0 Å². The third kappa shape index (κ3) is 4.35. The first kappa shape index (κ1) is 24.5. The molecule has 2 aliphatic rings. The highest BCUT2D eigenvalue weighted by atomic mass is 16.2. The molecule has 0 aromatic heterocycles. The van der Waals surface area contributed by atoms with Crippen LogP contribution in [0.3, 0.4) is 0 Å². The quantitative estimate of drug-likeness (QED) is 0.534. The average molecular weight is 441 g/mol. The molecule has 1 saturated carbocycles. The number of hydrogen-bond acceptors (Lipinski definition) is 3. The highest BCUT2D eigenvalue weighted by Crippen LogP contribution is 2.60. The Kier molecular flexibility index (Phi) is 7.46. The number of nitrogens with zero attached hydrogens (tertiary/aromatic N) is 1. The minimum absolute atomic E-state index is 0.177. The first-order valence-corrected chi connectivity index (χ1v) is 12.4. The summed E-state index contributed by atoms with van der Waals surface area (Å²) in [6.07, 6.45) is 6.10. The molecule has 1 aromatic carbocycles. The number of carbonyl (C=O) groups is 3. The van der Waals surface area contributed by atoms with Crippen LogP contribution in [0.15, 0.2) is 30.3 Å². The Morgan fingerprint density at radius 1 is 1.16 bits per heavy atom. The highest BCUT2D eigenvalue weighted by Gasteiger charge is 2.65. The molecule has 2 fully saturated rings. The van der Waals surface area contributed by atoms with E-state index in [1.165, 1.54) is 4.90 Å². The van der Waals surface area contributed by atoms with Crippen molar-refractivity contribution in [2.75, 3.05) is 6.54 Å². The molecule has 3 amide bonds. The normalized spacial score (nSPS) is 26.2. The topological polar surface area (TPSA) is 66.5 Å². The average Bonchev–Trinajstić information content (AvgIpc) is 2.96. The van der Waals surface area contributed by atoms with Gasteiger partial charge in [0, 0.05) is 18.9 Å². The molecule has 176 valence electrons. The van der Waals surface area contributed by atoms with E-state index in [0.29, 0.717) is 31.7 Å². The SMILES string of the molecule is CCCCC(CC)CNC(=O)C(Cc1ccccc1)N1C(=O)C2CCC(C)(C1=O)C2(C)C. The Morgan fingerprint density at radius 2 is 1.84 bits per heavy atom. The molecule has 32 heavy (non-hydrogen) atoms. The van der Waals surface area contributed by atoms with Gasteiger partial charge in [0.25, 0.3) is 0 Å². The number of amides is 3. The van der Waals surface area contributed by atoms with Gasteiger partial charge in [-0.15, -0.1) is 0 Å². The number of unbranched alkanes of at least 4 members (excludes halogenated alkanes) is 1. The molecule has 3 rings (SSSR count). The van der Waals surface area contributed by atoms with Crippen LogP contribution in [-0.4, -0.2) is 35.2 Å². The van der Waals surface area contributed by atoms with E-state index in [9.17, 15) is 14.4 Å². The van der Waals surface area contributed by atoms with Gasteiger partial charge in [-0.3, -0.25) is 19.3 Å². The molecule has 5 heteroatoms. The van der Waals surface area contributed by atoms with Crippen LogP contribution in [0.5, 0.6) is 0 Å². The summed E-state index contributed by atoms with van der Waals surface area (Å²) >= 11 is 0. The summed E-state index contributed by atoms with van der Waals surface area (Å²) in [4.78, 5) is 42.1. The van der Waals surface area contributed by atoms with Crippen LogP contribution in [0.2, 0.25) is 0 Å². The van der Waals surface area contributed by atoms with E-state index in [1.807, 2.05) is 51.1 Å². The molecule has 5 nitrogen and oxygen atoms in total. The second-order valence-corrected chi connectivity index (χ2v) is 10.5. The lowest BCUT2D eigenvalue weighted by Crippen LogP contribution is -2.64. The fourth-order valence-electron chi connectivity index (χ4n) is 5.59. The third-order valence-electron chi connectivity index (χ3n) is 8.45. The van der Waals surface area contributed by atoms with Crippen LogP contribution in [0, 0.1) is 22.7 Å². The predicted molar refractivity (Wildman–Crippen MR) is 127 cm³/mol. The number of fused-ring (bicyclic) bond motifs is 2. The van der Waals surface area contributed by atoms with E-state index < -0.39 is 11.5 Å².